The molecule has 0 spiro atoms. The van der Waals surface area contributed by atoms with E-state index in [1.807, 2.05) is 60.7 Å². The van der Waals surface area contributed by atoms with Gasteiger partial charge >= 0.3 is 0 Å². The number of H-pyrrole nitrogens is 1. The lowest BCUT2D eigenvalue weighted by Gasteiger charge is -2.16. The van der Waals surface area contributed by atoms with E-state index in [0.29, 0.717) is 11.5 Å². The van der Waals surface area contributed by atoms with E-state index < -0.39 is 0 Å². The second-order valence-electron chi connectivity index (χ2n) is 5.45. The first-order valence-corrected chi connectivity index (χ1v) is 7.65. The largest absolute Gasteiger partial charge is 0.467 e. The molecule has 1 atom stereocenters. The predicted octanol–water partition coefficient (Wildman–Crippen LogP) is 3.68. The normalized spacial score (nSPS) is 12.2. The zero-order valence-electron chi connectivity index (χ0n) is 12.8. The monoisotopic (exact) mass is 317 g/mol. The Morgan fingerprint density at radius 2 is 1.79 bits per heavy atom. The van der Waals surface area contributed by atoms with Gasteiger partial charge in [-0.3, -0.25) is 9.89 Å². The number of amides is 1. The Labute approximate surface area is 138 Å². The van der Waals surface area contributed by atoms with E-state index in [-0.39, 0.29) is 11.9 Å². The predicted molar refractivity (Wildman–Crippen MR) is 90.6 cm³/mol. The zero-order chi connectivity index (χ0) is 16.4. The van der Waals surface area contributed by atoms with Gasteiger partial charge in [-0.05, 0) is 23.8 Å². The summed E-state index contributed by atoms with van der Waals surface area (Å²) in [4.78, 5) is 12.8. The van der Waals surface area contributed by atoms with E-state index in [2.05, 4.69) is 15.5 Å². The van der Waals surface area contributed by atoms with E-state index in [9.17, 15) is 4.79 Å². The Morgan fingerprint density at radius 1 is 1.00 bits per heavy atom. The first kappa shape index (κ1) is 14.3. The third kappa shape index (κ3) is 2.56. The van der Waals surface area contributed by atoms with Crippen molar-refractivity contribution < 1.29 is 9.21 Å². The molecule has 0 aliphatic carbocycles. The quantitative estimate of drug-likeness (QED) is 0.603. The molecule has 2 aromatic heterocycles. The van der Waals surface area contributed by atoms with Crippen LogP contribution in [0.3, 0.4) is 0 Å². The number of nitrogens with zero attached hydrogens (tertiary/aromatic N) is 1. The van der Waals surface area contributed by atoms with Crippen molar-refractivity contribution in [1.29, 1.82) is 0 Å². The Hall–Kier alpha value is -3.34. The molecule has 0 saturated carbocycles. The molecular formula is C19H15N3O2. The Bertz CT molecular complexity index is 959. The zero-order valence-corrected chi connectivity index (χ0v) is 12.8. The molecule has 4 aromatic rings. The number of para-hydroxylation sites is 1. The van der Waals surface area contributed by atoms with Gasteiger partial charge in [-0.15, -0.1) is 0 Å². The molecule has 5 nitrogen and oxygen atoms in total. The highest BCUT2D eigenvalue weighted by Gasteiger charge is 2.22. The summed E-state index contributed by atoms with van der Waals surface area (Å²) in [5.41, 5.74) is 2.15. The van der Waals surface area contributed by atoms with Crippen LogP contribution in [0.5, 0.6) is 0 Å². The SMILES string of the molecule is O=C(NC(c1ccccc1)c1ccco1)c1n[nH]c2ccccc12. The molecule has 2 aromatic carbocycles. The number of carbonyl (C=O) groups excluding carboxylic acids is 1. The lowest BCUT2D eigenvalue weighted by Crippen LogP contribution is -2.29. The summed E-state index contributed by atoms with van der Waals surface area (Å²) in [5, 5.41) is 10.8. The van der Waals surface area contributed by atoms with Gasteiger partial charge in [0.1, 0.15) is 11.8 Å². The van der Waals surface area contributed by atoms with E-state index in [1.54, 1.807) is 12.3 Å². The molecule has 5 heteroatoms. The van der Waals surface area contributed by atoms with Crippen LogP contribution in [0.1, 0.15) is 27.9 Å². The summed E-state index contributed by atoms with van der Waals surface area (Å²) in [6, 6.07) is 20.5. The van der Waals surface area contributed by atoms with Gasteiger partial charge in [-0.25, -0.2) is 0 Å². The van der Waals surface area contributed by atoms with E-state index >= 15 is 0 Å². The van der Waals surface area contributed by atoms with Crippen molar-refractivity contribution in [2.45, 2.75) is 6.04 Å². The number of aromatic nitrogens is 2. The average Bonchev–Trinajstić information content (AvgIpc) is 3.30. The molecule has 0 aliphatic rings. The average molecular weight is 317 g/mol. The van der Waals surface area contributed by atoms with Crippen LogP contribution < -0.4 is 5.32 Å². The van der Waals surface area contributed by atoms with Gasteiger partial charge in [0.05, 0.1) is 11.8 Å². The third-order valence-electron chi connectivity index (χ3n) is 3.92. The highest BCUT2D eigenvalue weighted by Crippen LogP contribution is 2.23. The molecule has 1 amide bonds. The minimum atomic E-state index is -0.371. The van der Waals surface area contributed by atoms with Gasteiger partial charge in [0.25, 0.3) is 5.91 Å². The Kier molecular flexibility index (Phi) is 3.59. The van der Waals surface area contributed by atoms with Crippen molar-refractivity contribution in [2.24, 2.45) is 0 Å². The molecule has 2 N–H and O–H groups in total. The number of aromatic amines is 1. The maximum atomic E-state index is 12.8. The minimum Gasteiger partial charge on any atom is -0.467 e. The molecular weight excluding hydrogens is 302 g/mol. The number of hydrogen-bond acceptors (Lipinski definition) is 3. The van der Waals surface area contributed by atoms with Crippen LogP contribution in [-0.2, 0) is 0 Å². The molecule has 1 unspecified atom stereocenters. The topological polar surface area (TPSA) is 70.9 Å². The lowest BCUT2D eigenvalue weighted by atomic mass is 10.0. The van der Waals surface area contributed by atoms with Gasteiger partial charge in [-0.2, -0.15) is 5.10 Å². The van der Waals surface area contributed by atoms with Crippen molar-refractivity contribution >= 4 is 16.8 Å². The van der Waals surface area contributed by atoms with Crippen LogP contribution in [-0.4, -0.2) is 16.1 Å². The van der Waals surface area contributed by atoms with Crippen LogP contribution in [0, 0.1) is 0 Å². The smallest absolute Gasteiger partial charge is 0.273 e. The van der Waals surface area contributed by atoms with Gasteiger partial charge in [0.15, 0.2) is 5.69 Å². The van der Waals surface area contributed by atoms with E-state index in [4.69, 9.17) is 4.42 Å². The summed E-state index contributed by atoms with van der Waals surface area (Å²) in [5.74, 6) is 0.423. The Morgan fingerprint density at radius 3 is 2.58 bits per heavy atom. The van der Waals surface area contributed by atoms with Crippen molar-refractivity contribution in [1.82, 2.24) is 15.5 Å². The van der Waals surface area contributed by atoms with Crippen LogP contribution in [0.4, 0.5) is 0 Å². The number of fused-ring (bicyclic) bond motifs is 1. The second-order valence-corrected chi connectivity index (χ2v) is 5.45. The molecule has 0 radical (unpaired) electrons. The van der Waals surface area contributed by atoms with Crippen LogP contribution >= 0.6 is 0 Å². The van der Waals surface area contributed by atoms with Gasteiger partial charge in [-0.1, -0.05) is 48.5 Å². The standard InChI is InChI=1S/C19H15N3O2/c23-19(18-14-9-4-5-10-15(14)21-22-18)20-17(16-11-6-12-24-16)13-7-2-1-3-8-13/h1-12,17H,(H,20,23)(H,21,22). The number of furan rings is 1. The first-order valence-electron chi connectivity index (χ1n) is 7.65. The fourth-order valence-electron chi connectivity index (χ4n) is 2.76. The molecule has 2 heterocycles. The maximum Gasteiger partial charge on any atom is 0.273 e. The van der Waals surface area contributed by atoms with E-state index in [0.717, 1.165) is 16.5 Å². The minimum absolute atomic E-state index is 0.252. The maximum absolute atomic E-state index is 12.8. The molecule has 118 valence electrons. The van der Waals surface area contributed by atoms with Crippen LogP contribution in [0.15, 0.2) is 77.4 Å². The molecule has 0 fully saturated rings. The van der Waals surface area contributed by atoms with Crippen molar-refractivity contribution in [3.63, 3.8) is 0 Å². The summed E-state index contributed by atoms with van der Waals surface area (Å²) in [6.45, 7) is 0. The van der Waals surface area contributed by atoms with E-state index in [1.165, 1.54) is 0 Å². The lowest BCUT2D eigenvalue weighted by molar-refractivity contribution is 0.0935. The van der Waals surface area contributed by atoms with Crippen LogP contribution in [0.25, 0.3) is 10.9 Å². The third-order valence-corrected chi connectivity index (χ3v) is 3.92. The summed E-state index contributed by atoms with van der Waals surface area (Å²) in [6.07, 6.45) is 1.60. The molecule has 0 bridgehead atoms. The van der Waals surface area contributed by atoms with Crippen molar-refractivity contribution in [3.05, 3.63) is 90.0 Å². The number of hydrogen-bond donors (Lipinski definition) is 2. The molecule has 0 aliphatic heterocycles. The fourth-order valence-corrected chi connectivity index (χ4v) is 2.76. The molecule has 24 heavy (non-hydrogen) atoms. The molecule has 4 rings (SSSR count). The first-order chi connectivity index (χ1) is 11.8. The highest BCUT2D eigenvalue weighted by atomic mass is 16.3. The number of benzene rings is 2. The highest BCUT2D eigenvalue weighted by molar-refractivity contribution is 6.04. The van der Waals surface area contributed by atoms with Crippen molar-refractivity contribution in [3.8, 4) is 0 Å². The van der Waals surface area contributed by atoms with Gasteiger partial charge in [0.2, 0.25) is 0 Å². The van der Waals surface area contributed by atoms with Crippen LogP contribution in [0.2, 0.25) is 0 Å². The number of rotatable bonds is 4. The molecule has 0 saturated heterocycles. The summed E-state index contributed by atoms with van der Waals surface area (Å²) < 4.78 is 5.51. The Balaban J connectivity index is 1.69. The number of nitrogens with one attached hydrogen (secondary N) is 2. The van der Waals surface area contributed by atoms with Gasteiger partial charge in [0, 0.05) is 5.39 Å². The van der Waals surface area contributed by atoms with Crippen molar-refractivity contribution in [2.75, 3.05) is 0 Å². The summed E-state index contributed by atoms with van der Waals surface area (Å²) >= 11 is 0. The van der Waals surface area contributed by atoms with Gasteiger partial charge < -0.3 is 9.73 Å². The summed E-state index contributed by atoms with van der Waals surface area (Å²) in [7, 11) is 0. The second kappa shape index (κ2) is 6.04. The number of carbonyl (C=O) groups is 1. The fraction of sp³-hybridized carbons (Fsp3) is 0.0526.